The van der Waals surface area contributed by atoms with Crippen molar-refractivity contribution in [2.75, 3.05) is 18.7 Å². The largest absolute Gasteiger partial charge is 0.454 e. The highest BCUT2D eigenvalue weighted by atomic mass is 32.1. The van der Waals surface area contributed by atoms with Crippen LogP contribution in [0.4, 0.5) is 18.3 Å². The Morgan fingerprint density at radius 1 is 1.00 bits per heavy atom. The summed E-state index contributed by atoms with van der Waals surface area (Å²) in [7, 11) is 0. The van der Waals surface area contributed by atoms with Gasteiger partial charge in [-0.1, -0.05) is 41.7 Å². The molecule has 0 unspecified atom stereocenters. The number of alkyl halides is 3. The molecule has 0 saturated heterocycles. The zero-order valence-corrected chi connectivity index (χ0v) is 22.0. The second-order valence-corrected chi connectivity index (χ2v) is 9.92. The van der Waals surface area contributed by atoms with Crippen LogP contribution in [-0.2, 0) is 11.0 Å². The van der Waals surface area contributed by atoms with E-state index in [4.69, 9.17) is 9.47 Å². The second kappa shape index (κ2) is 11.3. The third-order valence-electron chi connectivity index (χ3n) is 6.34. The lowest BCUT2D eigenvalue weighted by molar-refractivity contribution is -0.137. The van der Waals surface area contributed by atoms with E-state index in [0.717, 1.165) is 35.4 Å². The van der Waals surface area contributed by atoms with Crippen LogP contribution in [0.2, 0.25) is 0 Å². The highest BCUT2D eigenvalue weighted by Gasteiger charge is 2.31. The summed E-state index contributed by atoms with van der Waals surface area (Å²) in [5.41, 5.74) is 0.824. The molecule has 0 bridgehead atoms. The minimum absolute atomic E-state index is 0.0234. The lowest BCUT2D eigenvalue weighted by Gasteiger charge is -2.30. The fraction of sp³-hybridized carbons (Fsp3) is 0.214. The lowest BCUT2D eigenvalue weighted by Crippen LogP contribution is -2.36. The molecule has 8 nitrogen and oxygen atoms in total. The summed E-state index contributed by atoms with van der Waals surface area (Å²) in [4.78, 5) is 27.7. The second-order valence-electron chi connectivity index (χ2n) is 8.94. The van der Waals surface area contributed by atoms with Crippen LogP contribution in [0.25, 0.3) is 10.6 Å². The molecule has 0 saturated carbocycles. The normalized spacial score (nSPS) is 13.1. The standard InChI is InChI=1S/C28H23F3N4O4S/c1-17(18-5-3-2-4-6-18)35(26(37)19-7-10-21(11-8-19)28(29,30)31)14-13-24(36)32-27-34-33-25(40-27)20-9-12-22-23(15-20)39-16-38-22/h2-12,15,17H,13-14,16H2,1H3,(H,32,34,36)/t17-/m1/s1. The monoisotopic (exact) mass is 568 g/mol. The molecule has 40 heavy (non-hydrogen) atoms. The molecule has 206 valence electrons. The Balaban J connectivity index is 1.28. The van der Waals surface area contributed by atoms with Gasteiger partial charge in [-0.25, -0.2) is 0 Å². The van der Waals surface area contributed by atoms with E-state index in [1.807, 2.05) is 36.4 Å². The molecule has 1 aliphatic rings. The summed E-state index contributed by atoms with van der Waals surface area (Å²) in [5.74, 6) is 0.364. The number of aromatic nitrogens is 2. The Labute approximate surface area is 231 Å². The zero-order chi connectivity index (χ0) is 28.3. The van der Waals surface area contributed by atoms with Crippen molar-refractivity contribution >= 4 is 28.3 Å². The molecule has 2 heterocycles. The maximum Gasteiger partial charge on any atom is 0.416 e. The van der Waals surface area contributed by atoms with Gasteiger partial charge in [0.2, 0.25) is 17.8 Å². The third kappa shape index (κ3) is 6.07. The molecule has 1 atom stereocenters. The fourth-order valence-corrected chi connectivity index (χ4v) is 4.93. The number of fused-ring (bicyclic) bond motifs is 1. The highest BCUT2D eigenvalue weighted by Crippen LogP contribution is 2.37. The van der Waals surface area contributed by atoms with Crippen molar-refractivity contribution in [1.29, 1.82) is 0 Å². The zero-order valence-electron chi connectivity index (χ0n) is 21.1. The number of halogens is 3. The number of hydrogen-bond donors (Lipinski definition) is 1. The van der Waals surface area contributed by atoms with Crippen LogP contribution < -0.4 is 14.8 Å². The molecule has 2 amide bonds. The first kappa shape index (κ1) is 27.1. The molecule has 4 aromatic rings. The molecule has 0 spiro atoms. The molecule has 0 radical (unpaired) electrons. The number of benzene rings is 3. The van der Waals surface area contributed by atoms with Crippen LogP contribution in [0.15, 0.2) is 72.8 Å². The molecule has 1 N–H and O–H groups in total. The third-order valence-corrected chi connectivity index (χ3v) is 7.23. The van der Waals surface area contributed by atoms with E-state index in [2.05, 4.69) is 15.5 Å². The Morgan fingerprint density at radius 2 is 1.73 bits per heavy atom. The Morgan fingerprint density at radius 3 is 2.45 bits per heavy atom. The predicted octanol–water partition coefficient (Wildman–Crippen LogP) is 6.18. The molecular weight excluding hydrogens is 545 g/mol. The van der Waals surface area contributed by atoms with E-state index in [-0.39, 0.29) is 36.4 Å². The van der Waals surface area contributed by atoms with E-state index in [1.54, 1.807) is 19.1 Å². The number of nitrogens with zero attached hydrogens (tertiary/aromatic N) is 3. The van der Waals surface area contributed by atoms with Crippen molar-refractivity contribution in [2.45, 2.75) is 25.6 Å². The van der Waals surface area contributed by atoms with Crippen LogP contribution in [0.5, 0.6) is 11.5 Å². The molecule has 0 fully saturated rings. The van der Waals surface area contributed by atoms with Crippen molar-refractivity contribution in [3.05, 3.63) is 89.5 Å². The van der Waals surface area contributed by atoms with Gasteiger partial charge in [-0.05, 0) is 55.0 Å². The Kier molecular flexibility index (Phi) is 7.69. The van der Waals surface area contributed by atoms with E-state index in [0.29, 0.717) is 16.5 Å². The molecular formula is C28H23F3N4O4S. The lowest BCUT2D eigenvalue weighted by atomic mass is 10.0. The molecule has 5 rings (SSSR count). The maximum atomic E-state index is 13.4. The Hall–Kier alpha value is -4.45. The summed E-state index contributed by atoms with van der Waals surface area (Å²) in [6.45, 7) is 1.98. The van der Waals surface area contributed by atoms with Crippen molar-refractivity contribution in [1.82, 2.24) is 15.1 Å². The smallest absolute Gasteiger partial charge is 0.416 e. The maximum absolute atomic E-state index is 13.4. The number of hydrogen-bond acceptors (Lipinski definition) is 7. The van der Waals surface area contributed by atoms with Crippen LogP contribution >= 0.6 is 11.3 Å². The quantitative estimate of drug-likeness (QED) is 0.273. The topological polar surface area (TPSA) is 93.7 Å². The molecule has 1 aliphatic heterocycles. The van der Waals surface area contributed by atoms with E-state index in [9.17, 15) is 22.8 Å². The molecule has 1 aromatic heterocycles. The summed E-state index contributed by atoms with van der Waals surface area (Å²) in [6.07, 6.45) is -4.58. The number of anilines is 1. The Bertz CT molecular complexity index is 1510. The summed E-state index contributed by atoms with van der Waals surface area (Å²) in [6, 6.07) is 18.1. The molecule has 3 aromatic carbocycles. The van der Waals surface area contributed by atoms with Crippen molar-refractivity contribution < 1.29 is 32.2 Å². The van der Waals surface area contributed by atoms with Gasteiger partial charge in [0, 0.05) is 24.1 Å². The minimum Gasteiger partial charge on any atom is -0.454 e. The van der Waals surface area contributed by atoms with Crippen LogP contribution in [0.1, 0.15) is 40.9 Å². The van der Waals surface area contributed by atoms with Gasteiger partial charge in [0.25, 0.3) is 5.91 Å². The average molecular weight is 569 g/mol. The van der Waals surface area contributed by atoms with Crippen molar-refractivity contribution in [3.63, 3.8) is 0 Å². The van der Waals surface area contributed by atoms with E-state index in [1.165, 1.54) is 16.2 Å². The van der Waals surface area contributed by atoms with Gasteiger partial charge >= 0.3 is 6.18 Å². The van der Waals surface area contributed by atoms with E-state index < -0.39 is 23.7 Å². The number of rotatable bonds is 8. The SMILES string of the molecule is C[C@H](c1ccccc1)N(CCC(=O)Nc1nnc(-c2ccc3c(c2)OCO3)s1)C(=O)c1ccc(C(F)(F)F)cc1. The first-order valence-electron chi connectivity index (χ1n) is 12.3. The van der Waals surface area contributed by atoms with Gasteiger partial charge in [0.05, 0.1) is 11.6 Å². The van der Waals surface area contributed by atoms with Crippen LogP contribution in [0, 0.1) is 0 Å². The van der Waals surface area contributed by atoms with Crippen LogP contribution in [0.3, 0.4) is 0 Å². The number of carbonyl (C=O) groups excluding carboxylic acids is 2. The summed E-state index contributed by atoms with van der Waals surface area (Å²) < 4.78 is 49.7. The van der Waals surface area contributed by atoms with E-state index >= 15 is 0 Å². The summed E-state index contributed by atoms with van der Waals surface area (Å²) >= 11 is 1.18. The van der Waals surface area contributed by atoms with Crippen LogP contribution in [-0.4, -0.2) is 40.2 Å². The van der Waals surface area contributed by atoms with Gasteiger partial charge in [0.1, 0.15) is 5.01 Å². The van der Waals surface area contributed by atoms with Crippen molar-refractivity contribution in [3.8, 4) is 22.1 Å². The van der Waals surface area contributed by atoms with Gasteiger partial charge in [0.15, 0.2) is 11.5 Å². The first-order chi connectivity index (χ1) is 19.2. The fourth-order valence-electron chi connectivity index (χ4n) is 4.17. The van der Waals surface area contributed by atoms with Gasteiger partial charge in [-0.2, -0.15) is 13.2 Å². The number of nitrogens with one attached hydrogen (secondary N) is 1. The number of ether oxygens (including phenoxy) is 2. The van der Waals surface area contributed by atoms with Gasteiger partial charge in [-0.15, -0.1) is 10.2 Å². The number of carbonyl (C=O) groups is 2. The first-order valence-corrected chi connectivity index (χ1v) is 13.1. The highest BCUT2D eigenvalue weighted by molar-refractivity contribution is 7.18. The molecule has 12 heteroatoms. The minimum atomic E-state index is -4.51. The predicted molar refractivity (Wildman–Crippen MR) is 142 cm³/mol. The van der Waals surface area contributed by atoms with Crippen molar-refractivity contribution in [2.24, 2.45) is 0 Å². The average Bonchev–Trinajstić information content (AvgIpc) is 3.62. The van der Waals surface area contributed by atoms with Gasteiger partial charge in [-0.3, -0.25) is 9.59 Å². The number of amides is 2. The van der Waals surface area contributed by atoms with Gasteiger partial charge < -0.3 is 19.7 Å². The molecule has 0 aliphatic carbocycles. The summed E-state index contributed by atoms with van der Waals surface area (Å²) in [5, 5.41) is 11.7.